The number of aromatic nitrogens is 3. The number of pyridine rings is 1. The molecule has 0 spiro atoms. The molecule has 6 nitrogen and oxygen atoms in total. The molecule has 0 amide bonds. The number of fused-ring (bicyclic) bond motifs is 1. The Morgan fingerprint density at radius 1 is 1.36 bits per heavy atom. The first kappa shape index (κ1) is 14.7. The Morgan fingerprint density at radius 3 is 2.91 bits per heavy atom. The fourth-order valence-corrected chi connectivity index (χ4v) is 2.45. The van der Waals surface area contributed by atoms with E-state index in [-0.39, 0.29) is 11.3 Å². The lowest BCUT2D eigenvalue weighted by atomic mass is 10.2. The van der Waals surface area contributed by atoms with Gasteiger partial charge in [-0.25, -0.2) is 14.2 Å². The predicted molar refractivity (Wildman–Crippen MR) is 86.7 cm³/mol. The molecular formula is C14H10FIN4O2. The summed E-state index contributed by atoms with van der Waals surface area (Å²) in [6, 6.07) is 7.93. The smallest absolute Gasteiger partial charge is 0.341 e. The third-order valence-corrected chi connectivity index (χ3v) is 3.70. The quantitative estimate of drug-likeness (QED) is 0.529. The second-order valence-corrected chi connectivity index (χ2v) is 5.61. The van der Waals surface area contributed by atoms with Crippen LogP contribution in [-0.2, 0) is 4.74 Å². The first-order valence-electron chi connectivity index (χ1n) is 6.23. The van der Waals surface area contributed by atoms with Crippen LogP contribution in [0.5, 0.6) is 0 Å². The average Bonchev–Trinajstić information content (AvgIpc) is 2.98. The van der Waals surface area contributed by atoms with Crippen molar-refractivity contribution in [2.45, 2.75) is 0 Å². The molecule has 0 aliphatic heterocycles. The number of nitrogens with one attached hydrogen (secondary N) is 1. The van der Waals surface area contributed by atoms with E-state index in [4.69, 9.17) is 4.74 Å². The fraction of sp³-hybridized carbons (Fsp3) is 0.0714. The summed E-state index contributed by atoms with van der Waals surface area (Å²) in [5.41, 5.74) is 0.994. The van der Waals surface area contributed by atoms with Crippen LogP contribution < -0.4 is 5.32 Å². The lowest BCUT2D eigenvalue weighted by molar-refractivity contribution is 0.0601. The number of halogens is 2. The molecule has 22 heavy (non-hydrogen) atoms. The van der Waals surface area contributed by atoms with Crippen molar-refractivity contribution >= 4 is 45.7 Å². The highest BCUT2D eigenvalue weighted by Crippen LogP contribution is 2.25. The minimum Gasteiger partial charge on any atom is -0.465 e. The number of esters is 1. The molecule has 2 heterocycles. The van der Waals surface area contributed by atoms with Crippen molar-refractivity contribution in [3.8, 4) is 0 Å². The third-order valence-electron chi connectivity index (χ3n) is 3.03. The molecular weight excluding hydrogens is 402 g/mol. The van der Waals surface area contributed by atoms with Crippen LogP contribution >= 0.6 is 22.6 Å². The summed E-state index contributed by atoms with van der Waals surface area (Å²) in [6.45, 7) is 0. The van der Waals surface area contributed by atoms with Crippen LogP contribution in [0.3, 0.4) is 0 Å². The third kappa shape index (κ3) is 2.61. The molecule has 0 bridgehead atoms. The molecule has 1 aromatic carbocycles. The van der Waals surface area contributed by atoms with Gasteiger partial charge in [-0.3, -0.25) is 0 Å². The maximum atomic E-state index is 14.0. The number of hydrogen-bond acceptors (Lipinski definition) is 5. The van der Waals surface area contributed by atoms with Gasteiger partial charge in [-0.05, 0) is 52.9 Å². The van der Waals surface area contributed by atoms with E-state index in [1.54, 1.807) is 24.3 Å². The molecule has 0 aliphatic rings. The lowest BCUT2D eigenvalue weighted by Crippen LogP contribution is -2.11. The summed E-state index contributed by atoms with van der Waals surface area (Å²) in [5, 5.41) is 6.94. The Bertz CT molecular complexity index is 865. The summed E-state index contributed by atoms with van der Waals surface area (Å²) in [6.07, 6.45) is 1.35. The Kier molecular flexibility index (Phi) is 3.92. The molecule has 112 valence electrons. The summed E-state index contributed by atoms with van der Waals surface area (Å²) in [7, 11) is 1.28. The molecule has 1 N–H and O–H groups in total. The van der Waals surface area contributed by atoms with Crippen molar-refractivity contribution < 1.29 is 13.9 Å². The number of anilines is 2. The molecule has 3 aromatic rings. The molecule has 0 atom stereocenters. The monoisotopic (exact) mass is 412 g/mol. The molecule has 2 aromatic heterocycles. The second-order valence-electron chi connectivity index (χ2n) is 4.37. The summed E-state index contributed by atoms with van der Waals surface area (Å²) < 4.78 is 21.0. The zero-order valence-corrected chi connectivity index (χ0v) is 13.5. The number of benzene rings is 1. The van der Waals surface area contributed by atoms with Gasteiger partial charge in [-0.15, -0.1) is 0 Å². The van der Waals surface area contributed by atoms with Crippen LogP contribution in [0.4, 0.5) is 15.9 Å². The van der Waals surface area contributed by atoms with E-state index in [0.29, 0.717) is 11.5 Å². The van der Waals surface area contributed by atoms with Crippen molar-refractivity contribution in [2.75, 3.05) is 12.4 Å². The first-order chi connectivity index (χ1) is 10.6. The highest BCUT2D eigenvalue weighted by atomic mass is 127. The summed E-state index contributed by atoms with van der Waals surface area (Å²) in [5.74, 6) is -0.687. The van der Waals surface area contributed by atoms with Crippen molar-refractivity contribution in [1.82, 2.24) is 14.6 Å². The van der Waals surface area contributed by atoms with Gasteiger partial charge in [0.2, 0.25) is 0 Å². The maximum Gasteiger partial charge on any atom is 0.341 e. The molecule has 0 unspecified atom stereocenters. The SMILES string of the molecule is COC(=O)c1ccc2ncnn2c1Nc1ccc(I)cc1F. The normalized spacial score (nSPS) is 10.7. The van der Waals surface area contributed by atoms with E-state index in [1.165, 1.54) is 24.0 Å². The van der Waals surface area contributed by atoms with Crippen molar-refractivity contribution in [3.05, 3.63) is 51.6 Å². The molecule has 8 heteroatoms. The van der Waals surface area contributed by atoms with E-state index >= 15 is 0 Å². The zero-order valence-electron chi connectivity index (χ0n) is 11.4. The topological polar surface area (TPSA) is 68.5 Å². The molecule has 3 rings (SSSR count). The molecule has 0 fully saturated rings. The fourth-order valence-electron chi connectivity index (χ4n) is 2.00. The van der Waals surface area contributed by atoms with E-state index < -0.39 is 11.8 Å². The van der Waals surface area contributed by atoms with Crippen LogP contribution in [0.25, 0.3) is 5.65 Å². The van der Waals surface area contributed by atoms with Crippen LogP contribution in [0.1, 0.15) is 10.4 Å². The van der Waals surface area contributed by atoms with Gasteiger partial charge in [0.1, 0.15) is 23.5 Å². The summed E-state index contributed by atoms with van der Waals surface area (Å²) in [4.78, 5) is 16.0. The maximum absolute atomic E-state index is 14.0. The van der Waals surface area contributed by atoms with Gasteiger partial charge in [0.05, 0.1) is 12.8 Å². The zero-order chi connectivity index (χ0) is 15.7. The number of carbonyl (C=O) groups excluding carboxylic acids is 1. The minimum atomic E-state index is -0.550. The summed E-state index contributed by atoms with van der Waals surface area (Å²) >= 11 is 2.02. The Balaban J connectivity index is 2.15. The van der Waals surface area contributed by atoms with Gasteiger partial charge in [0, 0.05) is 3.57 Å². The van der Waals surface area contributed by atoms with Gasteiger partial charge in [-0.1, -0.05) is 0 Å². The van der Waals surface area contributed by atoms with E-state index in [1.807, 2.05) is 22.6 Å². The van der Waals surface area contributed by atoms with E-state index in [2.05, 4.69) is 15.4 Å². The Morgan fingerprint density at radius 2 is 2.18 bits per heavy atom. The standard InChI is InChI=1S/C14H10FIN4O2/c1-22-14(21)9-3-5-12-17-7-18-20(12)13(9)19-11-4-2-8(16)6-10(11)15/h2-7,19H,1H3. The van der Waals surface area contributed by atoms with E-state index in [9.17, 15) is 9.18 Å². The minimum absolute atomic E-state index is 0.230. The number of methoxy groups -OCH3 is 1. The number of hydrogen-bond donors (Lipinski definition) is 1. The highest BCUT2D eigenvalue weighted by Gasteiger charge is 2.17. The van der Waals surface area contributed by atoms with Gasteiger partial charge in [0.15, 0.2) is 5.65 Å². The Labute approximate surface area is 138 Å². The molecule has 0 radical (unpaired) electrons. The van der Waals surface area contributed by atoms with Crippen molar-refractivity contribution in [3.63, 3.8) is 0 Å². The van der Waals surface area contributed by atoms with Crippen LogP contribution in [0.2, 0.25) is 0 Å². The molecule has 0 saturated heterocycles. The predicted octanol–water partition coefficient (Wildman–Crippen LogP) is 3.00. The van der Waals surface area contributed by atoms with Gasteiger partial charge < -0.3 is 10.1 Å². The number of nitrogens with zero attached hydrogens (tertiary/aromatic N) is 3. The number of ether oxygens (including phenoxy) is 1. The van der Waals surface area contributed by atoms with Crippen LogP contribution in [-0.4, -0.2) is 27.7 Å². The highest BCUT2D eigenvalue weighted by molar-refractivity contribution is 14.1. The van der Waals surface area contributed by atoms with Gasteiger partial charge in [-0.2, -0.15) is 9.61 Å². The van der Waals surface area contributed by atoms with Crippen molar-refractivity contribution in [2.24, 2.45) is 0 Å². The number of rotatable bonds is 3. The lowest BCUT2D eigenvalue weighted by Gasteiger charge is -2.13. The van der Waals surface area contributed by atoms with Gasteiger partial charge >= 0.3 is 5.97 Å². The van der Waals surface area contributed by atoms with Crippen LogP contribution in [0.15, 0.2) is 36.7 Å². The molecule has 0 saturated carbocycles. The second kappa shape index (κ2) is 5.87. The Hall–Kier alpha value is -2.23. The number of carbonyl (C=O) groups is 1. The molecule has 0 aliphatic carbocycles. The van der Waals surface area contributed by atoms with Gasteiger partial charge in [0.25, 0.3) is 0 Å². The average molecular weight is 412 g/mol. The van der Waals surface area contributed by atoms with Crippen LogP contribution in [0, 0.1) is 9.39 Å². The first-order valence-corrected chi connectivity index (χ1v) is 7.31. The largest absolute Gasteiger partial charge is 0.465 e. The van der Waals surface area contributed by atoms with E-state index in [0.717, 1.165) is 3.57 Å². The van der Waals surface area contributed by atoms with Crippen molar-refractivity contribution in [1.29, 1.82) is 0 Å².